The Labute approximate surface area is 125 Å². The molecule has 112 valence electrons. The molecule has 4 heteroatoms. The van der Waals surface area contributed by atoms with Gasteiger partial charge >= 0.3 is 5.97 Å². The van der Waals surface area contributed by atoms with E-state index in [1.165, 1.54) is 0 Å². The third kappa shape index (κ3) is 3.51. The molecule has 4 nitrogen and oxygen atoms in total. The third-order valence-electron chi connectivity index (χ3n) is 4.01. The van der Waals surface area contributed by atoms with Crippen LogP contribution in [0.3, 0.4) is 0 Å². The van der Waals surface area contributed by atoms with Crippen molar-refractivity contribution in [2.75, 3.05) is 11.9 Å². The fourth-order valence-electron chi connectivity index (χ4n) is 2.00. The van der Waals surface area contributed by atoms with Crippen molar-refractivity contribution in [3.8, 4) is 0 Å². The van der Waals surface area contributed by atoms with Crippen LogP contribution in [0.2, 0.25) is 0 Å². The highest BCUT2D eigenvalue weighted by Crippen LogP contribution is 2.27. The minimum atomic E-state index is -1.01. The van der Waals surface area contributed by atoms with Crippen molar-refractivity contribution in [3.05, 3.63) is 36.0 Å². The normalized spacial score (nSPS) is 13.1. The Morgan fingerprint density at radius 1 is 1.33 bits per heavy atom. The van der Waals surface area contributed by atoms with E-state index in [0.29, 0.717) is 11.7 Å². The van der Waals surface area contributed by atoms with Gasteiger partial charge in [0.25, 0.3) is 0 Å². The summed E-state index contributed by atoms with van der Waals surface area (Å²) < 4.78 is 0. The highest BCUT2D eigenvalue weighted by atomic mass is 16.4. The third-order valence-corrected chi connectivity index (χ3v) is 4.01. The van der Waals surface area contributed by atoms with Gasteiger partial charge in [0.15, 0.2) is 5.69 Å². The van der Waals surface area contributed by atoms with Crippen molar-refractivity contribution in [3.63, 3.8) is 0 Å². The summed E-state index contributed by atoms with van der Waals surface area (Å²) in [5.41, 5.74) is 0.257. The maximum atomic E-state index is 11.2. The lowest BCUT2D eigenvalue weighted by molar-refractivity contribution is 0.0691. The molecule has 0 saturated heterocycles. The zero-order chi connectivity index (χ0) is 15.6. The number of hydrogen-bond donors (Lipinski definition) is 2. The standard InChI is InChI=1S/C17H22N2O2/c1-11(17(2,3)4)10-18-15-13-8-6-5-7-12(13)9-14(19-15)16(20)21/h5-9,11H,10H2,1-4H3,(H,18,19)(H,20,21). The molecule has 0 amide bonds. The fraction of sp³-hybridized carbons (Fsp3) is 0.412. The number of carbonyl (C=O) groups is 1. The summed E-state index contributed by atoms with van der Waals surface area (Å²) in [6.45, 7) is 9.51. The van der Waals surface area contributed by atoms with Crippen molar-refractivity contribution in [1.29, 1.82) is 0 Å². The number of nitrogens with zero attached hydrogens (tertiary/aromatic N) is 1. The molecule has 1 unspecified atom stereocenters. The Hall–Kier alpha value is -2.10. The number of aromatic nitrogens is 1. The van der Waals surface area contributed by atoms with Crippen molar-refractivity contribution in [2.45, 2.75) is 27.7 Å². The van der Waals surface area contributed by atoms with Crippen LogP contribution in [0.4, 0.5) is 5.82 Å². The van der Waals surface area contributed by atoms with Gasteiger partial charge < -0.3 is 10.4 Å². The molecule has 1 aromatic heterocycles. The number of nitrogens with one attached hydrogen (secondary N) is 1. The lowest BCUT2D eigenvalue weighted by atomic mass is 9.82. The number of benzene rings is 1. The summed E-state index contributed by atoms with van der Waals surface area (Å²) in [5.74, 6) is 0.0702. The first-order valence-electron chi connectivity index (χ1n) is 7.16. The molecule has 2 aromatic rings. The molecular weight excluding hydrogens is 264 g/mol. The molecule has 0 aliphatic rings. The number of aromatic carboxylic acids is 1. The molecule has 0 aliphatic heterocycles. The van der Waals surface area contributed by atoms with E-state index in [4.69, 9.17) is 0 Å². The van der Waals surface area contributed by atoms with Crippen molar-refractivity contribution in [1.82, 2.24) is 4.98 Å². The van der Waals surface area contributed by atoms with E-state index < -0.39 is 5.97 Å². The van der Waals surface area contributed by atoms with Gasteiger partial charge in [-0.25, -0.2) is 9.78 Å². The number of pyridine rings is 1. The number of fused-ring (bicyclic) bond motifs is 1. The van der Waals surface area contributed by atoms with Crippen LogP contribution in [-0.2, 0) is 0 Å². The SMILES string of the molecule is CC(CNc1nc(C(=O)O)cc2ccccc12)C(C)(C)C. The van der Waals surface area contributed by atoms with E-state index >= 15 is 0 Å². The van der Waals surface area contributed by atoms with Gasteiger partial charge in [-0.1, -0.05) is 52.0 Å². The first kappa shape index (κ1) is 15.3. The van der Waals surface area contributed by atoms with Crippen LogP contribution in [0.1, 0.15) is 38.2 Å². The van der Waals surface area contributed by atoms with E-state index in [9.17, 15) is 9.90 Å². The van der Waals surface area contributed by atoms with Gasteiger partial charge in [0.2, 0.25) is 0 Å². The summed E-state index contributed by atoms with van der Waals surface area (Å²) in [6, 6.07) is 9.30. The van der Waals surface area contributed by atoms with Crippen LogP contribution in [-0.4, -0.2) is 22.6 Å². The summed E-state index contributed by atoms with van der Waals surface area (Å²) in [4.78, 5) is 15.4. The first-order chi connectivity index (χ1) is 9.79. The lowest BCUT2D eigenvalue weighted by Crippen LogP contribution is -2.25. The fourth-order valence-corrected chi connectivity index (χ4v) is 2.00. The summed E-state index contributed by atoms with van der Waals surface area (Å²) in [7, 11) is 0. The topological polar surface area (TPSA) is 62.2 Å². The Bertz CT molecular complexity index is 659. The zero-order valence-electron chi connectivity index (χ0n) is 13.0. The number of carboxylic acid groups (broad SMARTS) is 1. The molecule has 2 N–H and O–H groups in total. The molecule has 2 rings (SSSR count). The van der Waals surface area contributed by atoms with Gasteiger partial charge in [0, 0.05) is 11.9 Å². The summed E-state index contributed by atoms with van der Waals surface area (Å²) in [5, 5.41) is 14.3. The van der Waals surface area contributed by atoms with E-state index in [-0.39, 0.29) is 11.1 Å². The maximum Gasteiger partial charge on any atom is 0.354 e. The Morgan fingerprint density at radius 2 is 2.00 bits per heavy atom. The summed E-state index contributed by atoms with van der Waals surface area (Å²) in [6.07, 6.45) is 0. The average Bonchev–Trinajstić information content (AvgIpc) is 2.42. The summed E-state index contributed by atoms with van der Waals surface area (Å²) >= 11 is 0. The molecular formula is C17H22N2O2. The second kappa shape index (κ2) is 5.72. The number of anilines is 1. The van der Waals surface area contributed by atoms with Crippen molar-refractivity contribution < 1.29 is 9.90 Å². The minimum Gasteiger partial charge on any atom is -0.477 e. The molecule has 1 heterocycles. The highest BCUT2D eigenvalue weighted by Gasteiger charge is 2.20. The van der Waals surface area contributed by atoms with E-state index in [2.05, 4.69) is 38.0 Å². The second-order valence-electron chi connectivity index (χ2n) is 6.53. The van der Waals surface area contributed by atoms with E-state index in [1.54, 1.807) is 6.07 Å². The Morgan fingerprint density at radius 3 is 2.62 bits per heavy atom. The van der Waals surface area contributed by atoms with E-state index in [0.717, 1.165) is 17.3 Å². The molecule has 0 radical (unpaired) electrons. The lowest BCUT2D eigenvalue weighted by Gasteiger charge is -2.27. The molecule has 1 aromatic carbocycles. The van der Waals surface area contributed by atoms with Gasteiger partial charge in [0.1, 0.15) is 5.82 Å². The molecule has 0 aliphatic carbocycles. The monoisotopic (exact) mass is 286 g/mol. The molecule has 0 fully saturated rings. The average molecular weight is 286 g/mol. The highest BCUT2D eigenvalue weighted by molar-refractivity contribution is 5.97. The van der Waals surface area contributed by atoms with Crippen LogP contribution in [0, 0.1) is 11.3 Å². The molecule has 1 atom stereocenters. The maximum absolute atomic E-state index is 11.2. The predicted molar refractivity (Wildman–Crippen MR) is 85.8 cm³/mol. The predicted octanol–water partition coefficient (Wildman–Crippen LogP) is 4.03. The molecule has 21 heavy (non-hydrogen) atoms. The molecule has 0 saturated carbocycles. The smallest absolute Gasteiger partial charge is 0.354 e. The van der Waals surface area contributed by atoms with Gasteiger partial charge in [-0.05, 0) is 22.8 Å². The van der Waals surface area contributed by atoms with Crippen LogP contribution in [0.15, 0.2) is 30.3 Å². The number of hydrogen-bond acceptors (Lipinski definition) is 3. The Balaban J connectivity index is 2.35. The largest absolute Gasteiger partial charge is 0.477 e. The molecule has 0 spiro atoms. The van der Waals surface area contributed by atoms with Crippen LogP contribution in [0.25, 0.3) is 10.8 Å². The van der Waals surface area contributed by atoms with Gasteiger partial charge in [-0.3, -0.25) is 0 Å². The van der Waals surface area contributed by atoms with Crippen LogP contribution >= 0.6 is 0 Å². The minimum absolute atomic E-state index is 0.0691. The zero-order valence-corrected chi connectivity index (χ0v) is 13.0. The quantitative estimate of drug-likeness (QED) is 0.891. The van der Waals surface area contributed by atoms with Gasteiger partial charge in [-0.15, -0.1) is 0 Å². The van der Waals surface area contributed by atoms with E-state index in [1.807, 2.05) is 24.3 Å². The van der Waals surface area contributed by atoms with Crippen LogP contribution < -0.4 is 5.32 Å². The first-order valence-corrected chi connectivity index (χ1v) is 7.16. The van der Waals surface area contributed by atoms with Gasteiger partial charge in [0.05, 0.1) is 0 Å². The molecule has 0 bridgehead atoms. The van der Waals surface area contributed by atoms with Crippen LogP contribution in [0.5, 0.6) is 0 Å². The second-order valence-corrected chi connectivity index (χ2v) is 6.53. The number of carboxylic acids is 1. The van der Waals surface area contributed by atoms with Crippen molar-refractivity contribution >= 4 is 22.6 Å². The van der Waals surface area contributed by atoms with Crippen molar-refractivity contribution in [2.24, 2.45) is 11.3 Å². The Kier molecular flexibility index (Phi) is 4.16. The van der Waals surface area contributed by atoms with Gasteiger partial charge in [-0.2, -0.15) is 0 Å². The number of rotatable bonds is 4.